The van der Waals surface area contributed by atoms with Gasteiger partial charge in [0.25, 0.3) is 0 Å². The Morgan fingerprint density at radius 1 is 1.19 bits per heavy atom. The second kappa shape index (κ2) is 4.56. The first-order valence-corrected chi connectivity index (χ1v) is 5.96. The van der Waals surface area contributed by atoms with Crippen LogP contribution in [-0.2, 0) is 10.3 Å². The molecule has 0 amide bonds. The summed E-state index contributed by atoms with van der Waals surface area (Å²) in [5.41, 5.74) is 1.65. The van der Waals surface area contributed by atoms with Gasteiger partial charge in [0.15, 0.2) is 0 Å². The van der Waals surface area contributed by atoms with Gasteiger partial charge in [-0.15, -0.1) is 0 Å². The number of aryl methyl sites for hydroxylation is 1. The van der Waals surface area contributed by atoms with E-state index >= 15 is 0 Å². The van der Waals surface area contributed by atoms with Gasteiger partial charge in [0.2, 0.25) is 0 Å². The molecule has 0 atom stereocenters. The van der Waals surface area contributed by atoms with Crippen LogP contribution in [-0.4, -0.2) is 18.3 Å². The molecule has 2 rings (SSSR count). The van der Waals surface area contributed by atoms with Gasteiger partial charge in [-0.05, 0) is 38.2 Å². The monoisotopic (exact) mass is 220 g/mol. The van der Waals surface area contributed by atoms with Crippen LogP contribution < -0.4 is 0 Å². The molecule has 0 radical (unpaired) electrons. The van der Waals surface area contributed by atoms with Crippen molar-refractivity contribution in [1.29, 1.82) is 0 Å². The maximum atomic E-state index is 10.6. The Balaban J connectivity index is 2.11. The number of methoxy groups -OCH3 is 1. The summed E-state index contributed by atoms with van der Waals surface area (Å²) < 4.78 is 5.33. The molecule has 1 aliphatic rings. The van der Waals surface area contributed by atoms with E-state index in [4.69, 9.17) is 4.74 Å². The first-order valence-electron chi connectivity index (χ1n) is 5.96. The summed E-state index contributed by atoms with van der Waals surface area (Å²) in [6.07, 6.45) is 3.82. The Bertz CT molecular complexity index is 334. The summed E-state index contributed by atoms with van der Waals surface area (Å²) in [6, 6.07) is 8.22. The lowest BCUT2D eigenvalue weighted by Gasteiger charge is -2.36. The lowest BCUT2D eigenvalue weighted by atomic mass is 9.78. The number of hydrogen-bond acceptors (Lipinski definition) is 2. The Morgan fingerprint density at radius 2 is 1.75 bits per heavy atom. The van der Waals surface area contributed by atoms with Crippen molar-refractivity contribution in [3.63, 3.8) is 0 Å². The zero-order valence-electron chi connectivity index (χ0n) is 10.1. The third kappa shape index (κ3) is 2.28. The summed E-state index contributed by atoms with van der Waals surface area (Å²) >= 11 is 0. The van der Waals surface area contributed by atoms with E-state index in [1.165, 1.54) is 5.56 Å². The fourth-order valence-corrected chi connectivity index (χ4v) is 2.46. The minimum atomic E-state index is -0.636. The van der Waals surface area contributed by atoms with Crippen LogP contribution >= 0.6 is 0 Å². The van der Waals surface area contributed by atoms with Gasteiger partial charge in [0.1, 0.15) is 0 Å². The van der Waals surface area contributed by atoms with Crippen molar-refractivity contribution < 1.29 is 9.84 Å². The second-order valence-electron chi connectivity index (χ2n) is 4.83. The summed E-state index contributed by atoms with van der Waals surface area (Å²) in [7, 11) is 1.75. The molecule has 1 N–H and O–H groups in total. The molecular formula is C14H20O2. The molecule has 0 bridgehead atoms. The maximum Gasteiger partial charge on any atom is 0.0898 e. The molecule has 0 aromatic heterocycles. The molecule has 88 valence electrons. The number of hydrogen-bond donors (Lipinski definition) is 1. The van der Waals surface area contributed by atoms with Crippen LogP contribution in [0.2, 0.25) is 0 Å². The highest BCUT2D eigenvalue weighted by Crippen LogP contribution is 2.37. The fraction of sp³-hybridized carbons (Fsp3) is 0.571. The standard InChI is InChI=1S/C14H20O2/c1-11-3-5-12(6-4-11)14(15)9-7-13(16-2)8-10-14/h3-6,13,15H,7-10H2,1-2H3. The molecule has 0 heterocycles. The van der Waals surface area contributed by atoms with E-state index in [-0.39, 0.29) is 0 Å². The molecule has 0 saturated heterocycles. The topological polar surface area (TPSA) is 29.5 Å². The summed E-state index contributed by atoms with van der Waals surface area (Å²) in [6.45, 7) is 2.07. The molecule has 0 unspecified atom stereocenters. The molecule has 1 aromatic carbocycles. The fourth-order valence-electron chi connectivity index (χ4n) is 2.46. The van der Waals surface area contributed by atoms with E-state index in [1.807, 2.05) is 12.1 Å². The largest absolute Gasteiger partial charge is 0.385 e. The van der Waals surface area contributed by atoms with Crippen LogP contribution in [0.1, 0.15) is 36.8 Å². The molecule has 1 aliphatic carbocycles. The van der Waals surface area contributed by atoms with Crippen molar-refractivity contribution in [2.75, 3.05) is 7.11 Å². The molecule has 1 aromatic rings. The maximum absolute atomic E-state index is 10.6. The Morgan fingerprint density at radius 3 is 2.25 bits per heavy atom. The molecule has 2 nitrogen and oxygen atoms in total. The van der Waals surface area contributed by atoms with Crippen molar-refractivity contribution in [3.8, 4) is 0 Å². The average Bonchev–Trinajstić information content (AvgIpc) is 2.31. The zero-order valence-corrected chi connectivity index (χ0v) is 10.1. The highest BCUT2D eigenvalue weighted by molar-refractivity contribution is 5.27. The van der Waals surface area contributed by atoms with E-state index in [1.54, 1.807) is 7.11 Å². The Kier molecular flexibility index (Phi) is 3.31. The zero-order chi connectivity index (χ0) is 11.6. The van der Waals surface area contributed by atoms with E-state index < -0.39 is 5.60 Å². The number of aliphatic hydroxyl groups is 1. The Labute approximate surface area is 97.3 Å². The molecule has 1 saturated carbocycles. The molecule has 2 heteroatoms. The molecule has 0 aliphatic heterocycles. The van der Waals surface area contributed by atoms with E-state index in [0.29, 0.717) is 6.10 Å². The van der Waals surface area contributed by atoms with Gasteiger partial charge < -0.3 is 9.84 Å². The third-order valence-corrected chi connectivity index (χ3v) is 3.68. The smallest absolute Gasteiger partial charge is 0.0898 e. The third-order valence-electron chi connectivity index (χ3n) is 3.68. The van der Waals surface area contributed by atoms with Gasteiger partial charge in [0, 0.05) is 7.11 Å². The van der Waals surface area contributed by atoms with Crippen LogP contribution in [0.4, 0.5) is 0 Å². The van der Waals surface area contributed by atoms with Crippen LogP contribution in [0.3, 0.4) is 0 Å². The first kappa shape index (κ1) is 11.6. The molecule has 16 heavy (non-hydrogen) atoms. The first-order chi connectivity index (χ1) is 7.64. The predicted molar refractivity (Wildman–Crippen MR) is 64.3 cm³/mol. The molecular weight excluding hydrogens is 200 g/mol. The predicted octanol–water partition coefficient (Wildman–Crippen LogP) is 2.77. The van der Waals surface area contributed by atoms with Crippen molar-refractivity contribution in [2.45, 2.75) is 44.3 Å². The van der Waals surface area contributed by atoms with Crippen molar-refractivity contribution in [3.05, 3.63) is 35.4 Å². The van der Waals surface area contributed by atoms with Gasteiger partial charge in [-0.1, -0.05) is 29.8 Å². The van der Waals surface area contributed by atoms with Crippen molar-refractivity contribution in [2.24, 2.45) is 0 Å². The normalized spacial score (nSPS) is 30.3. The second-order valence-corrected chi connectivity index (χ2v) is 4.83. The highest BCUT2D eigenvalue weighted by Gasteiger charge is 2.34. The van der Waals surface area contributed by atoms with Crippen LogP contribution in [0.15, 0.2) is 24.3 Å². The van der Waals surface area contributed by atoms with E-state index in [0.717, 1.165) is 31.2 Å². The minimum Gasteiger partial charge on any atom is -0.385 e. The van der Waals surface area contributed by atoms with Gasteiger partial charge in [-0.2, -0.15) is 0 Å². The van der Waals surface area contributed by atoms with Gasteiger partial charge in [0.05, 0.1) is 11.7 Å². The molecule has 0 spiro atoms. The van der Waals surface area contributed by atoms with Gasteiger partial charge >= 0.3 is 0 Å². The quantitative estimate of drug-likeness (QED) is 0.830. The number of rotatable bonds is 2. The van der Waals surface area contributed by atoms with Crippen LogP contribution in [0, 0.1) is 6.92 Å². The van der Waals surface area contributed by atoms with Crippen molar-refractivity contribution in [1.82, 2.24) is 0 Å². The average molecular weight is 220 g/mol. The minimum absolute atomic E-state index is 0.325. The highest BCUT2D eigenvalue weighted by atomic mass is 16.5. The van der Waals surface area contributed by atoms with Crippen LogP contribution in [0.25, 0.3) is 0 Å². The lowest BCUT2D eigenvalue weighted by molar-refractivity contribution is -0.0474. The lowest BCUT2D eigenvalue weighted by Crippen LogP contribution is -2.33. The van der Waals surface area contributed by atoms with Crippen molar-refractivity contribution >= 4 is 0 Å². The Hall–Kier alpha value is -0.860. The van der Waals surface area contributed by atoms with Gasteiger partial charge in [-0.3, -0.25) is 0 Å². The molecule has 1 fully saturated rings. The van der Waals surface area contributed by atoms with Gasteiger partial charge in [-0.25, -0.2) is 0 Å². The van der Waals surface area contributed by atoms with E-state index in [9.17, 15) is 5.11 Å². The van der Waals surface area contributed by atoms with Crippen LogP contribution in [0.5, 0.6) is 0 Å². The van der Waals surface area contributed by atoms with E-state index in [2.05, 4.69) is 19.1 Å². The number of ether oxygens (including phenoxy) is 1. The number of benzene rings is 1. The SMILES string of the molecule is COC1CCC(O)(c2ccc(C)cc2)CC1. The summed E-state index contributed by atoms with van der Waals surface area (Å²) in [4.78, 5) is 0. The summed E-state index contributed by atoms with van der Waals surface area (Å²) in [5, 5.41) is 10.6. The summed E-state index contributed by atoms with van der Waals surface area (Å²) in [5.74, 6) is 0.